The Labute approximate surface area is 271 Å². The molecule has 0 bridgehead atoms. The van der Waals surface area contributed by atoms with Gasteiger partial charge in [-0.1, -0.05) is 99.9 Å². The number of nitrogens with zero attached hydrogens (tertiary/aromatic N) is 2. The van der Waals surface area contributed by atoms with Gasteiger partial charge in [-0.3, -0.25) is 9.38 Å². The minimum Gasteiger partial charge on any atom is -0.438 e. The van der Waals surface area contributed by atoms with E-state index in [1.54, 1.807) is 0 Å². The van der Waals surface area contributed by atoms with Crippen LogP contribution in [0.25, 0.3) is 38.8 Å². The van der Waals surface area contributed by atoms with Crippen molar-refractivity contribution in [3.63, 3.8) is 0 Å². The van der Waals surface area contributed by atoms with Gasteiger partial charge < -0.3 is 4.42 Å². The molecule has 3 nitrogen and oxygen atoms in total. The number of hydrogen-bond donors (Lipinski definition) is 0. The summed E-state index contributed by atoms with van der Waals surface area (Å²) in [6, 6.07) is 23.5. The second-order valence-electron chi connectivity index (χ2n) is 10.0. The molecule has 0 aliphatic heterocycles. The van der Waals surface area contributed by atoms with Crippen LogP contribution in [-0.2, 0) is 0 Å². The minimum absolute atomic E-state index is 0.332. The zero-order valence-corrected chi connectivity index (χ0v) is 26.3. The Morgan fingerprint density at radius 2 is 1.17 bits per heavy atom. The monoisotopic (exact) mass is 668 g/mol. The average Bonchev–Trinajstić information content (AvgIpc) is 3.46. The molecule has 3 heterocycles. The lowest BCUT2D eigenvalue weighted by Crippen LogP contribution is -2.09. The van der Waals surface area contributed by atoms with Gasteiger partial charge in [0.2, 0.25) is 5.71 Å². The second kappa shape index (κ2) is 10.7. The summed E-state index contributed by atoms with van der Waals surface area (Å²) in [5.74, 6) is -0.681. The van der Waals surface area contributed by atoms with Crippen molar-refractivity contribution in [1.82, 2.24) is 9.38 Å². The van der Waals surface area contributed by atoms with E-state index in [0.717, 1.165) is 38.7 Å². The van der Waals surface area contributed by atoms with Crippen LogP contribution in [0.5, 0.6) is 0 Å². The van der Waals surface area contributed by atoms with Crippen LogP contribution >= 0.6 is 69.6 Å². The molecule has 0 saturated heterocycles. The molecular weight excluding hydrogens is 653 g/mol. The van der Waals surface area contributed by atoms with Gasteiger partial charge in [-0.2, -0.15) is 0 Å². The van der Waals surface area contributed by atoms with Crippen molar-refractivity contribution >= 4 is 97.3 Å². The van der Waals surface area contributed by atoms with Crippen LogP contribution in [0.4, 0.5) is 0 Å². The fourth-order valence-electron chi connectivity index (χ4n) is 5.78. The van der Waals surface area contributed by atoms with Gasteiger partial charge in [0.05, 0.1) is 26.6 Å². The van der Waals surface area contributed by atoms with Gasteiger partial charge in [-0.15, -0.1) is 0 Å². The number of oxazole rings is 1. The maximum absolute atomic E-state index is 7.16. The van der Waals surface area contributed by atoms with Crippen molar-refractivity contribution in [2.75, 3.05) is 0 Å². The van der Waals surface area contributed by atoms with Gasteiger partial charge >= 0.3 is 0 Å². The van der Waals surface area contributed by atoms with Crippen molar-refractivity contribution in [3.05, 3.63) is 138 Å². The highest BCUT2D eigenvalue weighted by Crippen LogP contribution is 2.50. The summed E-state index contributed by atoms with van der Waals surface area (Å²) in [6.07, 6.45) is 3.04. The van der Waals surface area contributed by atoms with E-state index in [4.69, 9.17) is 74.0 Å². The normalized spacial score (nSPS) is 12.5. The van der Waals surface area contributed by atoms with Gasteiger partial charge in [0.15, 0.2) is 5.58 Å². The Morgan fingerprint density at radius 3 is 1.81 bits per heavy atom. The minimum atomic E-state index is -0.681. The summed E-state index contributed by atoms with van der Waals surface area (Å²) in [7, 11) is 0. The topological polar surface area (TPSA) is 30.4 Å². The summed E-state index contributed by atoms with van der Waals surface area (Å²) >= 11 is 41.4. The lowest BCUT2D eigenvalue weighted by atomic mass is 9.84. The summed E-state index contributed by atoms with van der Waals surface area (Å²) in [5, 5.41) is 3.32. The van der Waals surface area contributed by atoms with E-state index in [1.165, 1.54) is 12.4 Å². The Balaban J connectivity index is 1.52. The van der Waals surface area contributed by atoms with Gasteiger partial charge in [0, 0.05) is 60.5 Å². The van der Waals surface area contributed by atoms with Crippen molar-refractivity contribution in [2.45, 2.75) is 12.8 Å². The maximum atomic E-state index is 7.16. The Hall–Kier alpha value is -2.89. The molecule has 0 N–H and O–H groups in total. The third-order valence-corrected chi connectivity index (χ3v) is 9.34. The van der Waals surface area contributed by atoms with Gasteiger partial charge in [-0.25, -0.2) is 0 Å². The maximum Gasteiger partial charge on any atom is 0.213 e. The van der Waals surface area contributed by atoms with E-state index < -0.39 is 5.92 Å². The lowest BCUT2D eigenvalue weighted by molar-refractivity contribution is 0.658. The number of aromatic nitrogens is 2. The number of para-hydroxylation sites is 3. The van der Waals surface area contributed by atoms with Crippen LogP contribution in [0.1, 0.15) is 28.2 Å². The molecule has 1 unspecified atom stereocenters. The first-order chi connectivity index (χ1) is 20.2. The molecule has 4 aromatic carbocycles. The van der Waals surface area contributed by atoms with E-state index in [1.807, 2.05) is 67.6 Å². The van der Waals surface area contributed by atoms with E-state index in [9.17, 15) is 0 Å². The van der Waals surface area contributed by atoms with Crippen molar-refractivity contribution in [1.29, 1.82) is 0 Å². The third kappa shape index (κ3) is 4.38. The number of pyridine rings is 1. The molecule has 7 aromatic rings. The van der Waals surface area contributed by atoms with E-state index in [-0.39, 0.29) is 0 Å². The summed E-state index contributed by atoms with van der Waals surface area (Å²) in [6.45, 7) is 1.92. The highest BCUT2D eigenvalue weighted by atomic mass is 35.5. The van der Waals surface area contributed by atoms with Crippen LogP contribution in [0.15, 0.2) is 89.6 Å². The molecule has 0 aliphatic rings. The van der Waals surface area contributed by atoms with E-state index in [2.05, 4.69) is 21.5 Å². The van der Waals surface area contributed by atoms with Gasteiger partial charge in [0.25, 0.3) is 0 Å². The molecule has 0 spiro atoms. The van der Waals surface area contributed by atoms with Crippen molar-refractivity contribution in [2.24, 2.45) is 0 Å². The SMILES string of the molecule is Cc1cc(Cl)c(C(c2c(Cl)cncc2Cl)c2c(Cl)cc(-c3c4ccccc4n4c3oc3ccccc34)cc2Cl)c(Cl)c1. The smallest absolute Gasteiger partial charge is 0.213 e. The van der Waals surface area contributed by atoms with Crippen LogP contribution in [-0.4, -0.2) is 9.38 Å². The molecule has 9 heteroatoms. The standard InChI is InChI=1S/C33H18Cl6N2O/c1-16-10-19(34)29(20(35)11-16)32(31-23(38)14-40-15-24(31)39)30-21(36)12-17(13-22(30)37)28-18-6-2-3-7-25(18)41-26-8-4-5-9-27(26)42-33(28)41/h2-15,32H,1H3. The molecule has 0 amide bonds. The third-order valence-electron chi connectivity index (χ3n) is 7.49. The number of hydrogen-bond acceptors (Lipinski definition) is 2. The first-order valence-electron chi connectivity index (χ1n) is 12.9. The summed E-state index contributed by atoms with van der Waals surface area (Å²) in [4.78, 5) is 4.13. The molecular formula is C33H18Cl6N2O. The first-order valence-corrected chi connectivity index (χ1v) is 15.2. The number of aryl methyl sites for hydroxylation is 1. The quantitative estimate of drug-likeness (QED) is 0.187. The molecule has 7 rings (SSSR count). The fraction of sp³-hybridized carbons (Fsp3) is 0.0606. The summed E-state index contributed by atoms with van der Waals surface area (Å²) in [5.41, 5.74) is 7.72. The van der Waals surface area contributed by atoms with Crippen molar-refractivity contribution < 1.29 is 4.42 Å². The molecule has 208 valence electrons. The average molecular weight is 671 g/mol. The zero-order valence-electron chi connectivity index (χ0n) is 21.7. The number of rotatable bonds is 4. The Bertz CT molecular complexity index is 2130. The van der Waals surface area contributed by atoms with E-state index >= 15 is 0 Å². The highest BCUT2D eigenvalue weighted by Gasteiger charge is 2.31. The number of benzene rings is 4. The van der Waals surface area contributed by atoms with E-state index in [0.29, 0.717) is 52.5 Å². The predicted molar refractivity (Wildman–Crippen MR) is 177 cm³/mol. The van der Waals surface area contributed by atoms with Crippen LogP contribution in [0.2, 0.25) is 30.1 Å². The highest BCUT2D eigenvalue weighted by molar-refractivity contribution is 6.39. The largest absolute Gasteiger partial charge is 0.438 e. The Kier molecular flexibility index (Phi) is 7.10. The molecule has 1 atom stereocenters. The Morgan fingerprint density at radius 1 is 0.643 bits per heavy atom. The zero-order chi connectivity index (χ0) is 29.3. The molecule has 3 aromatic heterocycles. The summed E-state index contributed by atoms with van der Waals surface area (Å²) < 4.78 is 8.51. The van der Waals surface area contributed by atoms with Gasteiger partial charge in [-0.05, 0) is 60.5 Å². The molecule has 42 heavy (non-hydrogen) atoms. The first kappa shape index (κ1) is 27.9. The van der Waals surface area contributed by atoms with Gasteiger partial charge in [0.1, 0.15) is 0 Å². The molecule has 0 saturated carbocycles. The number of fused-ring (bicyclic) bond motifs is 5. The van der Waals surface area contributed by atoms with Crippen LogP contribution in [0, 0.1) is 6.92 Å². The molecule has 0 fully saturated rings. The molecule has 0 radical (unpaired) electrons. The predicted octanol–water partition coefficient (Wildman–Crippen LogP) is 12.3. The number of halogens is 6. The van der Waals surface area contributed by atoms with Crippen molar-refractivity contribution in [3.8, 4) is 11.1 Å². The molecule has 0 aliphatic carbocycles. The van der Waals surface area contributed by atoms with Crippen LogP contribution < -0.4 is 0 Å². The second-order valence-corrected chi connectivity index (χ2v) is 12.5. The van der Waals surface area contributed by atoms with Crippen LogP contribution in [0.3, 0.4) is 0 Å². The fourth-order valence-corrected chi connectivity index (χ4v) is 7.89. The lowest BCUT2D eigenvalue weighted by Gasteiger charge is -2.25.